The van der Waals surface area contributed by atoms with Crippen molar-refractivity contribution in [2.45, 2.75) is 39.7 Å². The first-order valence-electron chi connectivity index (χ1n) is 6.58. The average Bonchev–Trinajstić information content (AvgIpc) is 2.34. The van der Waals surface area contributed by atoms with Crippen LogP contribution in [0.15, 0.2) is 18.2 Å². The van der Waals surface area contributed by atoms with Crippen molar-refractivity contribution >= 4 is 11.6 Å². The molecule has 0 saturated carbocycles. The van der Waals surface area contributed by atoms with E-state index in [1.807, 2.05) is 18.2 Å². The van der Waals surface area contributed by atoms with Crippen LogP contribution in [-0.4, -0.2) is 19.7 Å². The van der Waals surface area contributed by atoms with Gasteiger partial charge in [-0.1, -0.05) is 32.4 Å². The minimum absolute atomic E-state index is 0.549. The highest BCUT2D eigenvalue weighted by atomic mass is 35.5. The smallest absolute Gasteiger partial charge is 0.122 e. The van der Waals surface area contributed by atoms with Crippen molar-refractivity contribution in [3.8, 4) is 5.75 Å². The van der Waals surface area contributed by atoms with E-state index >= 15 is 0 Å². The Morgan fingerprint density at radius 2 is 2.00 bits per heavy atom. The number of halogens is 1. The van der Waals surface area contributed by atoms with Crippen LogP contribution in [0.1, 0.15) is 32.8 Å². The molecule has 0 bridgehead atoms. The summed E-state index contributed by atoms with van der Waals surface area (Å²) in [6.07, 6.45) is 2.14. The molecule has 2 nitrogen and oxygen atoms in total. The van der Waals surface area contributed by atoms with Crippen molar-refractivity contribution in [2.24, 2.45) is 5.92 Å². The molecular weight excluding hydrogens is 246 g/mol. The van der Waals surface area contributed by atoms with Crippen molar-refractivity contribution in [1.29, 1.82) is 0 Å². The van der Waals surface area contributed by atoms with Gasteiger partial charge in [0.25, 0.3) is 0 Å². The van der Waals surface area contributed by atoms with Crippen molar-refractivity contribution in [3.63, 3.8) is 0 Å². The summed E-state index contributed by atoms with van der Waals surface area (Å²) in [5.41, 5.74) is 1.20. The van der Waals surface area contributed by atoms with Crippen LogP contribution in [-0.2, 0) is 6.42 Å². The Morgan fingerprint density at radius 3 is 2.61 bits per heavy atom. The number of benzene rings is 1. The van der Waals surface area contributed by atoms with Crippen LogP contribution in [0.3, 0.4) is 0 Å². The first-order chi connectivity index (χ1) is 8.52. The van der Waals surface area contributed by atoms with Crippen LogP contribution in [0.5, 0.6) is 5.75 Å². The van der Waals surface area contributed by atoms with Crippen LogP contribution in [0.4, 0.5) is 0 Å². The third-order valence-corrected chi connectivity index (χ3v) is 3.26. The molecule has 0 aliphatic heterocycles. The van der Waals surface area contributed by atoms with Gasteiger partial charge in [-0.3, -0.25) is 0 Å². The van der Waals surface area contributed by atoms with E-state index in [1.165, 1.54) is 5.56 Å². The Labute approximate surface area is 116 Å². The fourth-order valence-electron chi connectivity index (χ4n) is 1.88. The van der Waals surface area contributed by atoms with Gasteiger partial charge in [0.2, 0.25) is 0 Å². The molecule has 0 heterocycles. The lowest BCUT2D eigenvalue weighted by atomic mass is 10.00. The van der Waals surface area contributed by atoms with Gasteiger partial charge in [-0.25, -0.2) is 0 Å². The van der Waals surface area contributed by atoms with Gasteiger partial charge in [-0.05, 0) is 49.1 Å². The van der Waals surface area contributed by atoms with E-state index in [-0.39, 0.29) is 0 Å². The molecule has 0 radical (unpaired) electrons. The van der Waals surface area contributed by atoms with Gasteiger partial charge in [-0.2, -0.15) is 0 Å². The van der Waals surface area contributed by atoms with Crippen LogP contribution in [0, 0.1) is 5.92 Å². The van der Waals surface area contributed by atoms with Gasteiger partial charge >= 0.3 is 0 Å². The lowest BCUT2D eigenvalue weighted by molar-refractivity contribution is 0.404. The van der Waals surface area contributed by atoms with Gasteiger partial charge in [0.1, 0.15) is 5.75 Å². The van der Waals surface area contributed by atoms with Gasteiger partial charge in [0, 0.05) is 11.1 Å². The Morgan fingerprint density at radius 1 is 1.28 bits per heavy atom. The van der Waals surface area contributed by atoms with Crippen LogP contribution in [0.2, 0.25) is 5.02 Å². The molecule has 3 heteroatoms. The molecule has 0 saturated heterocycles. The van der Waals surface area contributed by atoms with E-state index in [9.17, 15) is 0 Å². The molecule has 1 aromatic carbocycles. The predicted octanol–water partition coefficient (Wildman–Crippen LogP) is 3.92. The maximum Gasteiger partial charge on any atom is 0.122 e. The van der Waals surface area contributed by atoms with Gasteiger partial charge in [-0.15, -0.1) is 0 Å². The molecule has 18 heavy (non-hydrogen) atoms. The zero-order chi connectivity index (χ0) is 13.5. The maximum atomic E-state index is 6.02. The number of aryl methyl sites for hydroxylation is 1. The summed E-state index contributed by atoms with van der Waals surface area (Å²) in [4.78, 5) is 0. The highest BCUT2D eigenvalue weighted by Crippen LogP contribution is 2.24. The SMILES string of the molecule is COc1ccc(Cl)cc1CCC(C)CNC(C)C. The topological polar surface area (TPSA) is 21.3 Å². The molecule has 0 aliphatic carbocycles. The molecule has 0 amide bonds. The largest absolute Gasteiger partial charge is 0.496 e. The van der Waals surface area contributed by atoms with Crippen LogP contribution < -0.4 is 10.1 Å². The number of nitrogens with one attached hydrogen (secondary N) is 1. The number of rotatable bonds is 7. The van der Waals surface area contributed by atoms with Gasteiger partial charge in [0.05, 0.1) is 7.11 Å². The summed E-state index contributed by atoms with van der Waals surface area (Å²) in [5, 5.41) is 4.24. The Bertz CT molecular complexity index is 366. The van der Waals surface area contributed by atoms with Crippen molar-refractivity contribution in [1.82, 2.24) is 5.32 Å². The molecule has 1 rings (SSSR count). The molecule has 1 unspecified atom stereocenters. The molecule has 1 aromatic rings. The van der Waals surface area contributed by atoms with Crippen molar-refractivity contribution in [3.05, 3.63) is 28.8 Å². The Hall–Kier alpha value is -0.730. The molecule has 102 valence electrons. The zero-order valence-electron chi connectivity index (χ0n) is 11.8. The standard InChI is InChI=1S/C15H24ClNO/c1-11(2)17-10-12(3)5-6-13-9-14(16)7-8-15(13)18-4/h7-9,11-12,17H,5-6,10H2,1-4H3. The second-order valence-electron chi connectivity index (χ2n) is 5.16. The molecule has 1 N–H and O–H groups in total. The zero-order valence-corrected chi connectivity index (χ0v) is 12.6. The number of hydrogen-bond acceptors (Lipinski definition) is 2. The fourth-order valence-corrected chi connectivity index (χ4v) is 2.08. The quantitative estimate of drug-likeness (QED) is 0.810. The van der Waals surface area contributed by atoms with E-state index in [0.29, 0.717) is 12.0 Å². The normalized spacial score (nSPS) is 12.8. The first kappa shape index (κ1) is 15.3. The van der Waals surface area contributed by atoms with Crippen LogP contribution >= 0.6 is 11.6 Å². The van der Waals surface area contributed by atoms with Crippen molar-refractivity contribution < 1.29 is 4.74 Å². The third-order valence-electron chi connectivity index (χ3n) is 3.02. The summed E-state index contributed by atoms with van der Waals surface area (Å²) in [7, 11) is 1.70. The lowest BCUT2D eigenvalue weighted by Gasteiger charge is -2.16. The Kier molecular flexibility index (Phi) is 6.51. The molecule has 0 fully saturated rings. The second kappa shape index (κ2) is 7.65. The highest BCUT2D eigenvalue weighted by Gasteiger charge is 2.08. The summed E-state index contributed by atoms with van der Waals surface area (Å²) < 4.78 is 5.36. The molecule has 0 aliphatic rings. The van der Waals surface area contributed by atoms with Gasteiger partial charge in [0.15, 0.2) is 0 Å². The monoisotopic (exact) mass is 269 g/mol. The van der Waals surface area contributed by atoms with E-state index in [1.54, 1.807) is 7.11 Å². The summed E-state index contributed by atoms with van der Waals surface area (Å²) in [5.74, 6) is 1.58. The minimum Gasteiger partial charge on any atom is -0.496 e. The maximum absolute atomic E-state index is 6.02. The third kappa shape index (κ3) is 5.28. The van der Waals surface area contributed by atoms with Gasteiger partial charge < -0.3 is 10.1 Å². The summed E-state index contributed by atoms with van der Waals surface area (Å²) in [6.45, 7) is 7.67. The number of ether oxygens (including phenoxy) is 1. The average molecular weight is 270 g/mol. The minimum atomic E-state index is 0.549. The molecule has 0 spiro atoms. The lowest BCUT2D eigenvalue weighted by Crippen LogP contribution is -2.28. The number of methoxy groups -OCH3 is 1. The van der Waals surface area contributed by atoms with E-state index in [0.717, 1.165) is 30.2 Å². The first-order valence-corrected chi connectivity index (χ1v) is 6.96. The van der Waals surface area contributed by atoms with Crippen LogP contribution in [0.25, 0.3) is 0 Å². The Balaban J connectivity index is 2.49. The summed E-state index contributed by atoms with van der Waals surface area (Å²) >= 11 is 6.02. The second-order valence-corrected chi connectivity index (χ2v) is 5.60. The molecule has 1 atom stereocenters. The number of hydrogen-bond donors (Lipinski definition) is 1. The fraction of sp³-hybridized carbons (Fsp3) is 0.600. The van der Waals surface area contributed by atoms with E-state index in [4.69, 9.17) is 16.3 Å². The predicted molar refractivity (Wildman–Crippen MR) is 78.6 cm³/mol. The summed E-state index contributed by atoms with van der Waals surface area (Å²) in [6, 6.07) is 6.36. The highest BCUT2D eigenvalue weighted by molar-refractivity contribution is 6.30. The van der Waals surface area contributed by atoms with E-state index in [2.05, 4.69) is 26.1 Å². The molecule has 0 aromatic heterocycles. The molecular formula is C15H24ClNO. The van der Waals surface area contributed by atoms with Crippen molar-refractivity contribution in [2.75, 3.05) is 13.7 Å². The van der Waals surface area contributed by atoms with E-state index < -0.39 is 0 Å².